The third kappa shape index (κ3) is 3.10. The molecule has 0 aromatic carbocycles. The standard InChI is InChI=1S/C7H10ClNO4/c8-6(10)13-5-2-1-3-9(4-5)7(11)12/h5H,1-4H2,(H,11,12)/t5-/m1/s1. The molecule has 1 aliphatic rings. The van der Waals surface area contributed by atoms with E-state index in [1.807, 2.05) is 0 Å². The summed E-state index contributed by atoms with van der Waals surface area (Å²) in [5, 5.41) is 8.64. The van der Waals surface area contributed by atoms with E-state index in [9.17, 15) is 9.59 Å². The second-order valence-corrected chi connectivity index (χ2v) is 3.16. The minimum absolute atomic E-state index is 0.216. The Morgan fingerprint density at radius 3 is 2.77 bits per heavy atom. The molecule has 1 N–H and O–H groups in total. The molecule has 1 rings (SSSR count). The summed E-state index contributed by atoms with van der Waals surface area (Å²) in [5.41, 5.74) is -0.878. The van der Waals surface area contributed by atoms with Gasteiger partial charge in [-0.2, -0.15) is 0 Å². The highest BCUT2D eigenvalue weighted by Gasteiger charge is 2.25. The fourth-order valence-corrected chi connectivity index (χ4v) is 1.47. The van der Waals surface area contributed by atoms with Crippen molar-refractivity contribution in [1.29, 1.82) is 0 Å². The average molecular weight is 208 g/mol. The van der Waals surface area contributed by atoms with Gasteiger partial charge < -0.3 is 14.7 Å². The van der Waals surface area contributed by atoms with Crippen LogP contribution in [0.3, 0.4) is 0 Å². The SMILES string of the molecule is O=C(Cl)O[C@@H]1CCCN(C(=O)O)C1. The Morgan fingerprint density at radius 2 is 2.23 bits per heavy atom. The number of piperidine rings is 1. The highest BCUT2D eigenvalue weighted by atomic mass is 35.5. The lowest BCUT2D eigenvalue weighted by Crippen LogP contribution is -2.42. The van der Waals surface area contributed by atoms with E-state index in [2.05, 4.69) is 0 Å². The number of amides is 1. The number of carbonyl (C=O) groups is 2. The van der Waals surface area contributed by atoms with Crippen LogP contribution >= 0.6 is 11.6 Å². The van der Waals surface area contributed by atoms with Gasteiger partial charge in [0, 0.05) is 18.1 Å². The summed E-state index contributed by atoms with van der Waals surface area (Å²) in [4.78, 5) is 22.1. The van der Waals surface area contributed by atoms with Crippen LogP contribution in [0.4, 0.5) is 9.59 Å². The van der Waals surface area contributed by atoms with Crippen molar-refractivity contribution in [3.8, 4) is 0 Å². The molecule has 0 radical (unpaired) electrons. The zero-order valence-corrected chi connectivity index (χ0v) is 7.66. The maximum Gasteiger partial charge on any atom is 0.407 e. The van der Waals surface area contributed by atoms with Gasteiger partial charge in [-0.15, -0.1) is 0 Å². The van der Waals surface area contributed by atoms with Crippen molar-refractivity contribution in [3.63, 3.8) is 0 Å². The Labute approximate surface area is 80.2 Å². The first kappa shape index (κ1) is 10.1. The summed E-state index contributed by atoms with van der Waals surface area (Å²) < 4.78 is 4.69. The number of ether oxygens (including phenoxy) is 1. The monoisotopic (exact) mass is 207 g/mol. The molecule has 1 heterocycles. The molecular formula is C7H10ClNO4. The largest absolute Gasteiger partial charge is 0.465 e. The number of hydrogen-bond acceptors (Lipinski definition) is 3. The lowest BCUT2D eigenvalue weighted by Gasteiger charge is -2.29. The average Bonchev–Trinajstić information content (AvgIpc) is 2.03. The summed E-state index contributed by atoms with van der Waals surface area (Å²) in [5.74, 6) is 0. The minimum Gasteiger partial charge on any atom is -0.465 e. The van der Waals surface area contributed by atoms with Crippen LogP contribution < -0.4 is 0 Å². The zero-order valence-electron chi connectivity index (χ0n) is 6.90. The molecule has 1 aliphatic heterocycles. The molecule has 1 amide bonds. The summed E-state index contributed by atoms with van der Waals surface area (Å²) >= 11 is 5.01. The van der Waals surface area contributed by atoms with Gasteiger partial charge in [-0.3, -0.25) is 0 Å². The van der Waals surface area contributed by atoms with E-state index >= 15 is 0 Å². The van der Waals surface area contributed by atoms with Crippen LogP contribution in [0, 0.1) is 0 Å². The maximum absolute atomic E-state index is 10.5. The molecule has 0 aromatic heterocycles. The Hall–Kier alpha value is -0.970. The van der Waals surface area contributed by atoms with Gasteiger partial charge in [-0.05, 0) is 12.8 Å². The summed E-state index contributed by atoms with van der Waals surface area (Å²) in [6, 6.07) is 0. The summed E-state index contributed by atoms with van der Waals surface area (Å²) in [7, 11) is 0. The second kappa shape index (κ2) is 4.32. The van der Waals surface area contributed by atoms with E-state index < -0.39 is 17.6 Å². The maximum atomic E-state index is 10.5. The predicted molar refractivity (Wildman–Crippen MR) is 45.0 cm³/mol. The van der Waals surface area contributed by atoms with Crippen molar-refractivity contribution in [2.24, 2.45) is 0 Å². The minimum atomic E-state index is -0.990. The van der Waals surface area contributed by atoms with E-state index in [-0.39, 0.29) is 6.54 Å². The molecule has 1 saturated heterocycles. The lowest BCUT2D eigenvalue weighted by molar-refractivity contribution is 0.0543. The van der Waals surface area contributed by atoms with Crippen molar-refractivity contribution >= 4 is 23.1 Å². The van der Waals surface area contributed by atoms with Gasteiger partial charge in [0.1, 0.15) is 6.10 Å². The molecule has 0 unspecified atom stereocenters. The Kier molecular flexibility index (Phi) is 3.36. The molecular weight excluding hydrogens is 198 g/mol. The summed E-state index contributed by atoms with van der Waals surface area (Å²) in [6.07, 6.45) is -0.0196. The third-order valence-corrected chi connectivity index (χ3v) is 2.00. The molecule has 13 heavy (non-hydrogen) atoms. The van der Waals surface area contributed by atoms with Crippen LogP contribution in [0.25, 0.3) is 0 Å². The third-order valence-electron chi connectivity index (χ3n) is 1.91. The quantitative estimate of drug-likeness (QED) is 0.662. The number of carboxylic acid groups (broad SMARTS) is 1. The fourth-order valence-electron chi connectivity index (χ4n) is 1.34. The highest BCUT2D eigenvalue weighted by Crippen LogP contribution is 2.14. The lowest BCUT2D eigenvalue weighted by atomic mass is 10.1. The van der Waals surface area contributed by atoms with Crippen LogP contribution in [0.15, 0.2) is 0 Å². The van der Waals surface area contributed by atoms with Crippen LogP contribution in [0.2, 0.25) is 0 Å². The predicted octanol–water partition coefficient (Wildman–Crippen LogP) is 1.50. The van der Waals surface area contributed by atoms with Gasteiger partial charge >= 0.3 is 11.5 Å². The number of halogens is 1. The van der Waals surface area contributed by atoms with Gasteiger partial charge in [0.15, 0.2) is 0 Å². The molecule has 1 atom stereocenters. The van der Waals surface area contributed by atoms with E-state index in [4.69, 9.17) is 21.4 Å². The van der Waals surface area contributed by atoms with Crippen molar-refractivity contribution in [3.05, 3.63) is 0 Å². The Balaban J connectivity index is 2.41. The van der Waals surface area contributed by atoms with Crippen molar-refractivity contribution < 1.29 is 19.4 Å². The topological polar surface area (TPSA) is 66.8 Å². The Bertz CT molecular complexity index is 221. The molecule has 6 heteroatoms. The highest BCUT2D eigenvalue weighted by molar-refractivity contribution is 6.61. The fraction of sp³-hybridized carbons (Fsp3) is 0.714. The van der Waals surface area contributed by atoms with E-state index in [0.717, 1.165) is 0 Å². The normalized spacial score (nSPS) is 22.5. The molecule has 74 valence electrons. The van der Waals surface area contributed by atoms with Gasteiger partial charge in [0.2, 0.25) is 0 Å². The van der Waals surface area contributed by atoms with Crippen LogP contribution in [0.5, 0.6) is 0 Å². The van der Waals surface area contributed by atoms with Crippen molar-refractivity contribution in [1.82, 2.24) is 4.90 Å². The molecule has 0 spiro atoms. The smallest absolute Gasteiger partial charge is 0.407 e. The van der Waals surface area contributed by atoms with Gasteiger partial charge in [-0.25, -0.2) is 9.59 Å². The van der Waals surface area contributed by atoms with Crippen LogP contribution in [-0.2, 0) is 4.74 Å². The summed E-state index contributed by atoms with van der Waals surface area (Å²) in [6.45, 7) is 0.708. The molecule has 1 fully saturated rings. The van der Waals surface area contributed by atoms with E-state index in [0.29, 0.717) is 19.4 Å². The first-order valence-corrected chi connectivity index (χ1v) is 4.31. The van der Waals surface area contributed by atoms with Crippen molar-refractivity contribution in [2.45, 2.75) is 18.9 Å². The number of nitrogens with zero attached hydrogens (tertiary/aromatic N) is 1. The molecule has 0 aromatic rings. The van der Waals surface area contributed by atoms with Crippen molar-refractivity contribution in [2.75, 3.05) is 13.1 Å². The number of carbonyl (C=O) groups excluding carboxylic acids is 1. The van der Waals surface area contributed by atoms with E-state index in [1.165, 1.54) is 4.90 Å². The van der Waals surface area contributed by atoms with Gasteiger partial charge in [-0.1, -0.05) is 0 Å². The van der Waals surface area contributed by atoms with E-state index in [1.54, 1.807) is 0 Å². The van der Waals surface area contributed by atoms with Crippen LogP contribution in [-0.4, -0.2) is 40.7 Å². The molecule has 0 bridgehead atoms. The molecule has 5 nitrogen and oxygen atoms in total. The zero-order chi connectivity index (χ0) is 9.84. The first-order valence-electron chi connectivity index (χ1n) is 3.93. The second-order valence-electron chi connectivity index (χ2n) is 2.85. The van der Waals surface area contributed by atoms with Gasteiger partial charge in [0.05, 0.1) is 6.54 Å². The number of rotatable bonds is 1. The van der Waals surface area contributed by atoms with Crippen LogP contribution in [0.1, 0.15) is 12.8 Å². The van der Waals surface area contributed by atoms with Gasteiger partial charge in [0.25, 0.3) is 0 Å². The molecule has 0 aliphatic carbocycles. The Morgan fingerprint density at radius 1 is 1.54 bits per heavy atom. The number of hydrogen-bond donors (Lipinski definition) is 1. The molecule has 0 saturated carbocycles. The first-order chi connectivity index (χ1) is 6.09. The number of likely N-dealkylation sites (tertiary alicyclic amines) is 1.